The number of benzene rings is 2. The fraction of sp³-hybridized carbons (Fsp3) is 0.143. The lowest BCUT2D eigenvalue weighted by Crippen LogP contribution is -2.05. The zero-order chi connectivity index (χ0) is 13.2. The molecule has 0 aliphatic rings. The molecule has 0 aliphatic heterocycles. The number of nitrogen functional groups attached to an aromatic ring is 1. The Morgan fingerprint density at radius 2 is 1.56 bits per heavy atom. The van der Waals surface area contributed by atoms with Gasteiger partial charge in [-0.05, 0) is 35.7 Å². The normalized spacial score (nSPS) is 11.5. The summed E-state index contributed by atoms with van der Waals surface area (Å²) in [5, 5.41) is 0. The zero-order valence-electron chi connectivity index (χ0n) is 9.54. The summed E-state index contributed by atoms with van der Waals surface area (Å²) in [7, 11) is 0. The highest BCUT2D eigenvalue weighted by atomic mass is 19.4. The van der Waals surface area contributed by atoms with Gasteiger partial charge in [-0.25, -0.2) is 0 Å². The molecule has 1 nitrogen and oxygen atoms in total. The van der Waals surface area contributed by atoms with Crippen LogP contribution in [0, 0.1) is 0 Å². The number of hydrogen-bond donors (Lipinski definition) is 1. The Hall–Kier alpha value is -1.97. The molecule has 0 aromatic heterocycles. The number of rotatable bonds is 2. The Morgan fingerprint density at radius 1 is 0.889 bits per heavy atom. The molecule has 2 aromatic carbocycles. The average Bonchev–Trinajstić information content (AvgIpc) is 2.31. The van der Waals surface area contributed by atoms with Gasteiger partial charge in [0.2, 0.25) is 0 Å². The number of anilines is 1. The molecular weight excluding hydrogens is 239 g/mol. The van der Waals surface area contributed by atoms with Crippen LogP contribution in [0.5, 0.6) is 0 Å². The van der Waals surface area contributed by atoms with E-state index < -0.39 is 11.7 Å². The van der Waals surface area contributed by atoms with Gasteiger partial charge in [-0.3, -0.25) is 0 Å². The summed E-state index contributed by atoms with van der Waals surface area (Å²) in [4.78, 5) is 0. The summed E-state index contributed by atoms with van der Waals surface area (Å²) in [6, 6.07) is 12.5. The predicted molar refractivity (Wildman–Crippen MR) is 65.1 cm³/mol. The molecular formula is C14H12F3N. The van der Waals surface area contributed by atoms with Crippen molar-refractivity contribution in [1.29, 1.82) is 0 Å². The molecule has 0 atom stereocenters. The molecule has 18 heavy (non-hydrogen) atoms. The first kappa shape index (κ1) is 12.5. The second-order valence-corrected chi connectivity index (χ2v) is 4.12. The van der Waals surface area contributed by atoms with E-state index in [1.54, 1.807) is 18.2 Å². The molecule has 0 heterocycles. The van der Waals surface area contributed by atoms with E-state index in [4.69, 9.17) is 5.73 Å². The van der Waals surface area contributed by atoms with E-state index in [0.717, 1.165) is 11.6 Å². The lowest BCUT2D eigenvalue weighted by atomic mass is 10.0. The van der Waals surface area contributed by atoms with Gasteiger partial charge in [-0.2, -0.15) is 13.2 Å². The molecule has 0 radical (unpaired) electrons. The summed E-state index contributed by atoms with van der Waals surface area (Å²) in [6.07, 6.45) is -3.83. The molecule has 2 N–H and O–H groups in total. The van der Waals surface area contributed by atoms with Gasteiger partial charge in [0.25, 0.3) is 0 Å². The second kappa shape index (κ2) is 4.72. The van der Waals surface area contributed by atoms with Gasteiger partial charge < -0.3 is 5.73 Å². The zero-order valence-corrected chi connectivity index (χ0v) is 9.54. The molecule has 0 unspecified atom stereocenters. The Balaban J connectivity index is 2.22. The van der Waals surface area contributed by atoms with Gasteiger partial charge in [0.15, 0.2) is 0 Å². The van der Waals surface area contributed by atoms with Crippen LogP contribution in [0.15, 0.2) is 48.5 Å². The number of hydrogen-bond acceptors (Lipinski definition) is 1. The standard InChI is InChI=1S/C14H12F3N/c15-14(16,17)12-3-1-2-11(9-12)8-10-4-6-13(18)7-5-10/h1-7,9H,8,18H2. The van der Waals surface area contributed by atoms with Crippen LogP contribution < -0.4 is 5.73 Å². The van der Waals surface area contributed by atoms with E-state index in [1.165, 1.54) is 12.1 Å². The maximum Gasteiger partial charge on any atom is 0.416 e. The van der Waals surface area contributed by atoms with Crippen LogP contribution in [0.2, 0.25) is 0 Å². The van der Waals surface area contributed by atoms with Gasteiger partial charge in [-0.1, -0.05) is 30.3 Å². The predicted octanol–water partition coefficient (Wildman–Crippen LogP) is 3.88. The van der Waals surface area contributed by atoms with Crippen LogP contribution in [0.3, 0.4) is 0 Å². The molecule has 0 saturated carbocycles. The van der Waals surface area contributed by atoms with Crippen molar-refractivity contribution in [3.8, 4) is 0 Å². The molecule has 0 fully saturated rings. The Labute approximate surface area is 103 Å². The first-order valence-electron chi connectivity index (χ1n) is 5.46. The van der Waals surface area contributed by atoms with E-state index in [9.17, 15) is 13.2 Å². The van der Waals surface area contributed by atoms with Crippen molar-refractivity contribution >= 4 is 5.69 Å². The van der Waals surface area contributed by atoms with Gasteiger partial charge in [0, 0.05) is 5.69 Å². The summed E-state index contributed by atoms with van der Waals surface area (Å²) < 4.78 is 37.6. The first-order chi connectivity index (χ1) is 8.45. The summed E-state index contributed by atoms with van der Waals surface area (Å²) in [5.41, 5.74) is 7.15. The summed E-state index contributed by atoms with van der Waals surface area (Å²) in [6.45, 7) is 0. The maximum absolute atomic E-state index is 12.5. The van der Waals surface area contributed by atoms with Crippen LogP contribution >= 0.6 is 0 Å². The summed E-state index contributed by atoms with van der Waals surface area (Å²) >= 11 is 0. The van der Waals surface area contributed by atoms with Crippen LogP contribution in [0.25, 0.3) is 0 Å². The van der Waals surface area contributed by atoms with Crippen molar-refractivity contribution in [3.63, 3.8) is 0 Å². The minimum absolute atomic E-state index is 0.462. The highest BCUT2D eigenvalue weighted by molar-refractivity contribution is 5.41. The third-order valence-electron chi connectivity index (χ3n) is 2.64. The molecule has 0 bridgehead atoms. The second-order valence-electron chi connectivity index (χ2n) is 4.12. The first-order valence-corrected chi connectivity index (χ1v) is 5.46. The van der Waals surface area contributed by atoms with Gasteiger partial charge >= 0.3 is 6.18 Å². The smallest absolute Gasteiger partial charge is 0.399 e. The third kappa shape index (κ3) is 3.03. The van der Waals surface area contributed by atoms with Crippen molar-refractivity contribution in [1.82, 2.24) is 0 Å². The molecule has 4 heteroatoms. The van der Waals surface area contributed by atoms with Gasteiger partial charge in [-0.15, -0.1) is 0 Å². The molecule has 2 aromatic rings. The Kier molecular flexibility index (Phi) is 3.28. The number of halogens is 3. The fourth-order valence-electron chi connectivity index (χ4n) is 1.73. The molecule has 0 saturated heterocycles. The van der Waals surface area contributed by atoms with Crippen molar-refractivity contribution in [3.05, 3.63) is 65.2 Å². The fourth-order valence-corrected chi connectivity index (χ4v) is 1.73. The van der Waals surface area contributed by atoms with Crippen molar-refractivity contribution in [2.45, 2.75) is 12.6 Å². The Bertz CT molecular complexity index is 529. The lowest BCUT2D eigenvalue weighted by molar-refractivity contribution is -0.137. The van der Waals surface area contributed by atoms with Crippen LogP contribution in [0.1, 0.15) is 16.7 Å². The molecule has 0 aliphatic carbocycles. The molecule has 0 amide bonds. The largest absolute Gasteiger partial charge is 0.416 e. The minimum atomic E-state index is -4.29. The quantitative estimate of drug-likeness (QED) is 0.805. The molecule has 0 spiro atoms. The number of nitrogens with two attached hydrogens (primary N) is 1. The highest BCUT2D eigenvalue weighted by Gasteiger charge is 2.30. The van der Waals surface area contributed by atoms with E-state index in [-0.39, 0.29) is 0 Å². The lowest BCUT2D eigenvalue weighted by Gasteiger charge is -2.09. The third-order valence-corrected chi connectivity index (χ3v) is 2.64. The van der Waals surface area contributed by atoms with Crippen LogP contribution in [-0.4, -0.2) is 0 Å². The van der Waals surface area contributed by atoms with Gasteiger partial charge in [0.1, 0.15) is 0 Å². The minimum Gasteiger partial charge on any atom is -0.399 e. The van der Waals surface area contributed by atoms with Crippen LogP contribution in [-0.2, 0) is 12.6 Å². The van der Waals surface area contributed by atoms with E-state index >= 15 is 0 Å². The van der Waals surface area contributed by atoms with Crippen molar-refractivity contribution in [2.75, 3.05) is 5.73 Å². The van der Waals surface area contributed by atoms with Crippen molar-refractivity contribution < 1.29 is 13.2 Å². The average molecular weight is 251 g/mol. The molecule has 2 rings (SSSR count). The SMILES string of the molecule is Nc1ccc(Cc2cccc(C(F)(F)F)c2)cc1. The van der Waals surface area contributed by atoms with Gasteiger partial charge in [0.05, 0.1) is 5.56 Å². The topological polar surface area (TPSA) is 26.0 Å². The highest BCUT2D eigenvalue weighted by Crippen LogP contribution is 2.29. The number of alkyl halides is 3. The molecule has 94 valence electrons. The van der Waals surface area contributed by atoms with Crippen LogP contribution in [0.4, 0.5) is 18.9 Å². The van der Waals surface area contributed by atoms with Crippen molar-refractivity contribution in [2.24, 2.45) is 0 Å². The summed E-state index contributed by atoms with van der Waals surface area (Å²) in [5.74, 6) is 0. The monoisotopic (exact) mass is 251 g/mol. The van der Waals surface area contributed by atoms with E-state index in [2.05, 4.69) is 0 Å². The van der Waals surface area contributed by atoms with E-state index in [0.29, 0.717) is 17.7 Å². The van der Waals surface area contributed by atoms with E-state index in [1.807, 2.05) is 12.1 Å². The maximum atomic E-state index is 12.5. The Morgan fingerprint density at radius 3 is 2.17 bits per heavy atom.